The summed E-state index contributed by atoms with van der Waals surface area (Å²) < 4.78 is 5.67. The van der Waals surface area contributed by atoms with Crippen molar-refractivity contribution in [1.82, 2.24) is 10.3 Å². The molecule has 3 rings (SSSR count). The lowest BCUT2D eigenvalue weighted by molar-refractivity contribution is 0.224. The molecular formula is C22H23N3O3. The molecule has 3 N–H and O–H groups in total. The first-order valence-electron chi connectivity index (χ1n) is 9.05. The second kappa shape index (κ2) is 9.53. The van der Waals surface area contributed by atoms with Crippen LogP contribution in [0.25, 0.3) is 0 Å². The van der Waals surface area contributed by atoms with E-state index in [9.17, 15) is 9.90 Å². The fourth-order valence-corrected chi connectivity index (χ4v) is 2.65. The van der Waals surface area contributed by atoms with Gasteiger partial charge >= 0.3 is 6.03 Å². The van der Waals surface area contributed by atoms with E-state index in [1.165, 1.54) is 6.20 Å². The number of ether oxygens (including phenoxy) is 1. The maximum absolute atomic E-state index is 12.2. The van der Waals surface area contributed by atoms with Gasteiger partial charge in [0, 0.05) is 6.07 Å². The third-order valence-corrected chi connectivity index (χ3v) is 4.12. The molecule has 0 aliphatic carbocycles. The van der Waals surface area contributed by atoms with Crippen molar-refractivity contribution in [3.63, 3.8) is 0 Å². The van der Waals surface area contributed by atoms with E-state index >= 15 is 0 Å². The van der Waals surface area contributed by atoms with Crippen molar-refractivity contribution in [2.24, 2.45) is 0 Å². The number of hydrogen-bond acceptors (Lipinski definition) is 4. The minimum atomic E-state index is -0.399. The van der Waals surface area contributed by atoms with E-state index < -0.39 is 6.03 Å². The summed E-state index contributed by atoms with van der Waals surface area (Å²) in [6, 6.07) is 20.0. The molecule has 3 aromatic rings. The molecular weight excluding hydrogens is 354 g/mol. The summed E-state index contributed by atoms with van der Waals surface area (Å²) in [5.41, 5.74) is 2.73. The number of amides is 2. The average Bonchev–Trinajstić information content (AvgIpc) is 2.71. The first kappa shape index (κ1) is 19.4. The summed E-state index contributed by atoms with van der Waals surface area (Å²) in [7, 11) is 0. The zero-order valence-electron chi connectivity index (χ0n) is 15.6. The number of nitrogens with one attached hydrogen (secondary N) is 2. The van der Waals surface area contributed by atoms with Crippen molar-refractivity contribution in [1.29, 1.82) is 0 Å². The van der Waals surface area contributed by atoms with Crippen molar-refractivity contribution in [2.75, 3.05) is 11.9 Å². The summed E-state index contributed by atoms with van der Waals surface area (Å²) in [6.45, 7) is 1.86. The van der Waals surface area contributed by atoms with Gasteiger partial charge < -0.3 is 20.5 Å². The number of carbonyl (C=O) groups excluding carboxylic acids is 1. The predicted octanol–water partition coefficient (Wildman–Crippen LogP) is 3.91. The summed E-state index contributed by atoms with van der Waals surface area (Å²) >= 11 is 0. The highest BCUT2D eigenvalue weighted by atomic mass is 16.5. The molecule has 0 saturated carbocycles. The molecule has 0 bridgehead atoms. The zero-order valence-corrected chi connectivity index (χ0v) is 15.6. The molecule has 6 nitrogen and oxygen atoms in total. The molecule has 1 heterocycles. The molecule has 0 aliphatic heterocycles. The van der Waals surface area contributed by atoms with Crippen LogP contribution in [-0.2, 0) is 6.42 Å². The highest BCUT2D eigenvalue weighted by molar-refractivity contribution is 5.89. The molecule has 0 aliphatic rings. The quantitative estimate of drug-likeness (QED) is 0.583. The normalized spacial score (nSPS) is 11.5. The minimum Gasteiger partial charge on any atom is -0.439 e. The van der Waals surface area contributed by atoms with Gasteiger partial charge in [0.2, 0.25) is 5.88 Å². The second-order valence-corrected chi connectivity index (χ2v) is 6.47. The number of hydrogen-bond donors (Lipinski definition) is 3. The van der Waals surface area contributed by atoms with Crippen LogP contribution >= 0.6 is 0 Å². The lowest BCUT2D eigenvalue weighted by atomic mass is 10.1. The number of benzene rings is 2. The van der Waals surface area contributed by atoms with Crippen molar-refractivity contribution >= 4 is 11.7 Å². The summed E-state index contributed by atoms with van der Waals surface area (Å²) in [5.74, 6) is 1.13. The molecule has 6 heteroatoms. The Morgan fingerprint density at radius 1 is 1.07 bits per heavy atom. The van der Waals surface area contributed by atoms with Crippen LogP contribution in [0.2, 0.25) is 0 Å². The van der Waals surface area contributed by atoms with Crippen molar-refractivity contribution in [3.05, 3.63) is 84.1 Å². The number of urea groups is 1. The van der Waals surface area contributed by atoms with Gasteiger partial charge in [0.15, 0.2) is 0 Å². The molecule has 0 spiro atoms. The third-order valence-electron chi connectivity index (χ3n) is 4.12. The van der Waals surface area contributed by atoms with Gasteiger partial charge in [-0.05, 0) is 37.1 Å². The molecule has 0 radical (unpaired) electrons. The monoisotopic (exact) mass is 377 g/mol. The van der Waals surface area contributed by atoms with Crippen LogP contribution in [0.5, 0.6) is 11.6 Å². The van der Waals surface area contributed by atoms with Crippen LogP contribution in [0.3, 0.4) is 0 Å². The SMILES string of the molecule is Cc1ccc(Oc2ccc(NC(=O)NC(CO)Cc3ccccc3)cn2)cc1. The minimum absolute atomic E-state index is 0.149. The maximum atomic E-state index is 12.2. The number of aryl methyl sites for hydroxylation is 1. The number of nitrogens with zero attached hydrogens (tertiary/aromatic N) is 1. The molecule has 0 saturated heterocycles. The number of anilines is 1. The lowest BCUT2D eigenvalue weighted by Gasteiger charge is -2.17. The number of aromatic nitrogens is 1. The maximum Gasteiger partial charge on any atom is 0.319 e. The number of aliphatic hydroxyl groups is 1. The summed E-state index contributed by atoms with van der Waals surface area (Å²) in [6.07, 6.45) is 2.07. The third kappa shape index (κ3) is 5.82. The van der Waals surface area contributed by atoms with Gasteiger partial charge in [-0.1, -0.05) is 48.0 Å². The van der Waals surface area contributed by atoms with Gasteiger partial charge in [-0.25, -0.2) is 9.78 Å². The average molecular weight is 377 g/mol. The standard InChI is InChI=1S/C22H23N3O3/c1-16-7-10-20(11-8-16)28-21-12-9-18(14-23-21)24-22(27)25-19(15-26)13-17-5-3-2-4-6-17/h2-12,14,19,26H,13,15H2,1H3,(H2,24,25,27). The van der Waals surface area contributed by atoms with Crippen LogP contribution in [0, 0.1) is 6.92 Å². The highest BCUT2D eigenvalue weighted by Gasteiger charge is 2.12. The fraction of sp³-hybridized carbons (Fsp3) is 0.182. The van der Waals surface area contributed by atoms with Crippen molar-refractivity contribution in [3.8, 4) is 11.6 Å². The molecule has 2 amide bonds. The molecule has 1 atom stereocenters. The molecule has 28 heavy (non-hydrogen) atoms. The molecule has 144 valence electrons. The lowest BCUT2D eigenvalue weighted by Crippen LogP contribution is -2.41. The van der Waals surface area contributed by atoms with E-state index in [1.807, 2.05) is 61.5 Å². The Bertz CT molecular complexity index is 881. The Kier molecular flexibility index (Phi) is 6.59. The van der Waals surface area contributed by atoms with Crippen LogP contribution in [0.1, 0.15) is 11.1 Å². The van der Waals surface area contributed by atoms with Crippen LogP contribution in [0.15, 0.2) is 72.9 Å². The second-order valence-electron chi connectivity index (χ2n) is 6.47. The Morgan fingerprint density at radius 2 is 1.82 bits per heavy atom. The first-order valence-corrected chi connectivity index (χ1v) is 9.05. The Balaban J connectivity index is 1.52. The Labute approximate surface area is 164 Å². The summed E-state index contributed by atoms with van der Waals surface area (Å²) in [4.78, 5) is 16.4. The molecule has 1 aromatic heterocycles. The number of carbonyl (C=O) groups is 1. The van der Waals surface area contributed by atoms with Crippen molar-refractivity contribution in [2.45, 2.75) is 19.4 Å². The highest BCUT2D eigenvalue weighted by Crippen LogP contribution is 2.20. The van der Waals surface area contributed by atoms with E-state index in [4.69, 9.17) is 4.74 Å². The van der Waals surface area contributed by atoms with Gasteiger partial charge in [-0.2, -0.15) is 0 Å². The van der Waals surface area contributed by atoms with Crippen LogP contribution in [0.4, 0.5) is 10.5 Å². The predicted molar refractivity (Wildman–Crippen MR) is 109 cm³/mol. The van der Waals surface area contributed by atoms with E-state index in [0.29, 0.717) is 23.7 Å². The van der Waals surface area contributed by atoms with Gasteiger partial charge in [-0.3, -0.25) is 0 Å². The van der Waals surface area contributed by atoms with Gasteiger partial charge in [0.25, 0.3) is 0 Å². The topological polar surface area (TPSA) is 83.5 Å². The van der Waals surface area contributed by atoms with E-state index in [1.54, 1.807) is 12.1 Å². The van der Waals surface area contributed by atoms with Crippen LogP contribution < -0.4 is 15.4 Å². The van der Waals surface area contributed by atoms with Gasteiger partial charge in [0.05, 0.1) is 24.5 Å². The first-order chi connectivity index (χ1) is 13.6. The molecule has 0 fully saturated rings. The molecule has 1 unspecified atom stereocenters. The smallest absolute Gasteiger partial charge is 0.319 e. The Hall–Kier alpha value is -3.38. The number of pyridine rings is 1. The molecule has 2 aromatic carbocycles. The summed E-state index contributed by atoms with van der Waals surface area (Å²) in [5, 5.41) is 15.0. The van der Waals surface area contributed by atoms with Crippen LogP contribution in [-0.4, -0.2) is 28.8 Å². The number of aliphatic hydroxyl groups excluding tert-OH is 1. The van der Waals surface area contributed by atoms with Crippen molar-refractivity contribution < 1.29 is 14.6 Å². The number of rotatable bonds is 7. The van der Waals surface area contributed by atoms with Gasteiger partial charge in [0.1, 0.15) is 5.75 Å². The Morgan fingerprint density at radius 3 is 2.46 bits per heavy atom. The zero-order chi connectivity index (χ0) is 19.8. The van der Waals surface area contributed by atoms with E-state index in [0.717, 1.165) is 11.1 Å². The van der Waals surface area contributed by atoms with E-state index in [2.05, 4.69) is 15.6 Å². The van der Waals surface area contributed by atoms with Gasteiger partial charge in [-0.15, -0.1) is 0 Å². The van der Waals surface area contributed by atoms with E-state index in [-0.39, 0.29) is 12.6 Å². The largest absolute Gasteiger partial charge is 0.439 e. The fourth-order valence-electron chi connectivity index (χ4n) is 2.65.